The van der Waals surface area contributed by atoms with E-state index in [9.17, 15) is 18.0 Å². The summed E-state index contributed by atoms with van der Waals surface area (Å²) in [6.45, 7) is 5.10. The Kier molecular flexibility index (Phi) is 11.5. The molecule has 0 bridgehead atoms. The quantitative estimate of drug-likeness (QED) is 0.256. The van der Waals surface area contributed by atoms with Gasteiger partial charge in [0.1, 0.15) is 18.3 Å². The van der Waals surface area contributed by atoms with E-state index in [1.165, 1.54) is 36.3 Å². The van der Waals surface area contributed by atoms with Crippen LogP contribution in [0.2, 0.25) is 10.0 Å². The highest BCUT2D eigenvalue weighted by Crippen LogP contribution is 2.35. The van der Waals surface area contributed by atoms with Gasteiger partial charge in [0.25, 0.3) is 10.0 Å². The van der Waals surface area contributed by atoms with Crippen molar-refractivity contribution in [1.82, 2.24) is 10.2 Å². The van der Waals surface area contributed by atoms with E-state index in [0.29, 0.717) is 17.9 Å². The number of benzene rings is 3. The molecule has 0 saturated carbocycles. The van der Waals surface area contributed by atoms with Gasteiger partial charge in [-0.2, -0.15) is 0 Å². The van der Waals surface area contributed by atoms with Gasteiger partial charge in [0.2, 0.25) is 11.8 Å². The number of halogens is 2. The first-order chi connectivity index (χ1) is 19.5. The topological polar surface area (TPSA) is 96.0 Å². The minimum absolute atomic E-state index is 0.0133. The predicted molar refractivity (Wildman–Crippen MR) is 163 cm³/mol. The first kappa shape index (κ1) is 32.2. The van der Waals surface area contributed by atoms with E-state index in [4.69, 9.17) is 27.9 Å². The third-order valence-electron chi connectivity index (χ3n) is 6.67. The molecular weight excluding hydrogens is 585 g/mol. The number of hydrogen-bond acceptors (Lipinski definition) is 5. The van der Waals surface area contributed by atoms with Gasteiger partial charge in [-0.3, -0.25) is 13.9 Å². The molecule has 41 heavy (non-hydrogen) atoms. The van der Waals surface area contributed by atoms with Crippen molar-refractivity contribution in [2.45, 2.75) is 57.1 Å². The van der Waals surface area contributed by atoms with Crippen LogP contribution in [0.5, 0.6) is 5.75 Å². The van der Waals surface area contributed by atoms with Crippen molar-refractivity contribution < 1.29 is 22.7 Å². The number of anilines is 1. The fourth-order valence-corrected chi connectivity index (χ4v) is 5.97. The molecule has 0 aromatic heterocycles. The molecule has 0 radical (unpaired) electrons. The summed E-state index contributed by atoms with van der Waals surface area (Å²) in [7, 11) is -2.85. The van der Waals surface area contributed by atoms with Crippen LogP contribution in [0.15, 0.2) is 77.7 Å². The van der Waals surface area contributed by atoms with Gasteiger partial charge in [0.05, 0.1) is 17.7 Å². The number of amides is 2. The van der Waals surface area contributed by atoms with Crippen molar-refractivity contribution in [2.24, 2.45) is 0 Å². The van der Waals surface area contributed by atoms with Crippen LogP contribution in [-0.4, -0.2) is 50.9 Å². The lowest BCUT2D eigenvalue weighted by atomic mass is 10.1. The number of carbonyl (C=O) groups is 2. The Morgan fingerprint density at radius 2 is 1.56 bits per heavy atom. The summed E-state index contributed by atoms with van der Waals surface area (Å²) in [6, 6.07) is 18.3. The van der Waals surface area contributed by atoms with Crippen LogP contribution < -0.4 is 14.4 Å². The summed E-state index contributed by atoms with van der Waals surface area (Å²) in [4.78, 5) is 28.9. The van der Waals surface area contributed by atoms with Crippen LogP contribution in [0, 0.1) is 0 Å². The second-order valence-electron chi connectivity index (χ2n) is 9.53. The van der Waals surface area contributed by atoms with Gasteiger partial charge in [-0.15, -0.1) is 0 Å². The molecule has 0 fully saturated rings. The number of sulfonamides is 1. The number of hydrogen-bond donors (Lipinski definition) is 1. The molecule has 220 valence electrons. The monoisotopic (exact) mass is 619 g/mol. The first-order valence-corrected chi connectivity index (χ1v) is 15.5. The number of ether oxygens (including phenoxy) is 1. The summed E-state index contributed by atoms with van der Waals surface area (Å²) >= 11 is 12.3. The second kappa shape index (κ2) is 14.6. The molecule has 0 aliphatic heterocycles. The maximum atomic E-state index is 14.2. The Morgan fingerprint density at radius 1 is 0.927 bits per heavy atom. The molecule has 2 amide bonds. The van der Waals surface area contributed by atoms with Crippen LogP contribution in [0.3, 0.4) is 0 Å². The van der Waals surface area contributed by atoms with E-state index in [2.05, 4.69) is 5.32 Å². The highest BCUT2D eigenvalue weighted by atomic mass is 35.5. The smallest absolute Gasteiger partial charge is 0.264 e. The lowest BCUT2D eigenvalue weighted by Crippen LogP contribution is -2.53. The molecule has 8 nitrogen and oxygen atoms in total. The zero-order valence-electron chi connectivity index (χ0n) is 23.5. The summed E-state index contributed by atoms with van der Waals surface area (Å²) < 4.78 is 34.4. The van der Waals surface area contributed by atoms with Crippen molar-refractivity contribution in [2.75, 3.05) is 18.0 Å². The molecule has 2 atom stereocenters. The molecular formula is C30H35Cl2N3O5S. The summed E-state index contributed by atoms with van der Waals surface area (Å²) in [6.07, 6.45) is 1.03. The van der Waals surface area contributed by atoms with E-state index >= 15 is 0 Å². The third-order valence-corrected chi connectivity index (χ3v) is 8.93. The van der Waals surface area contributed by atoms with Crippen LogP contribution >= 0.6 is 23.2 Å². The predicted octanol–water partition coefficient (Wildman–Crippen LogP) is 5.92. The molecule has 3 aromatic rings. The van der Waals surface area contributed by atoms with Crippen LogP contribution in [0.25, 0.3) is 0 Å². The number of nitrogens with zero attached hydrogens (tertiary/aromatic N) is 2. The average Bonchev–Trinajstić information content (AvgIpc) is 2.96. The zero-order valence-corrected chi connectivity index (χ0v) is 25.8. The molecule has 0 heterocycles. The van der Waals surface area contributed by atoms with Gasteiger partial charge in [-0.25, -0.2) is 8.42 Å². The van der Waals surface area contributed by atoms with Gasteiger partial charge in [0.15, 0.2) is 0 Å². The van der Waals surface area contributed by atoms with Crippen LogP contribution in [-0.2, 0) is 26.2 Å². The Balaban J connectivity index is 2.11. The molecule has 0 aliphatic carbocycles. The standard InChI is InChI=1S/C30H35Cl2N3O5S/c1-5-21(3)33-30(37)26(6-2)34(19-22-12-14-23(31)15-13-22)29(36)20-35(27-18-24(32)16-17-28(27)40-4)41(38,39)25-10-8-7-9-11-25/h7-18,21,26H,5-6,19-20H2,1-4H3,(H,33,37)/t21-,26+/m1/s1. The molecule has 0 saturated heterocycles. The second-order valence-corrected chi connectivity index (χ2v) is 12.3. The van der Waals surface area contributed by atoms with Crippen molar-refractivity contribution in [3.63, 3.8) is 0 Å². The summed E-state index contributed by atoms with van der Waals surface area (Å²) in [5, 5.41) is 3.75. The minimum atomic E-state index is -4.26. The normalized spacial score (nSPS) is 12.7. The fraction of sp³-hybridized carbons (Fsp3) is 0.333. The zero-order chi connectivity index (χ0) is 30.2. The maximum absolute atomic E-state index is 14.2. The van der Waals surface area contributed by atoms with Gasteiger partial charge >= 0.3 is 0 Å². The minimum Gasteiger partial charge on any atom is -0.495 e. The third kappa shape index (κ3) is 8.15. The van der Waals surface area contributed by atoms with Gasteiger partial charge in [-0.1, -0.05) is 67.4 Å². The summed E-state index contributed by atoms with van der Waals surface area (Å²) in [5.74, 6) is -0.679. The van der Waals surface area contributed by atoms with E-state index in [1.807, 2.05) is 20.8 Å². The maximum Gasteiger partial charge on any atom is 0.264 e. The Labute approximate surface area is 252 Å². The van der Waals surface area contributed by atoms with E-state index in [-0.39, 0.29) is 39.8 Å². The van der Waals surface area contributed by atoms with Crippen molar-refractivity contribution in [3.05, 3.63) is 88.4 Å². The lowest BCUT2D eigenvalue weighted by molar-refractivity contribution is -0.140. The highest BCUT2D eigenvalue weighted by molar-refractivity contribution is 7.92. The Morgan fingerprint density at radius 3 is 2.15 bits per heavy atom. The van der Waals surface area contributed by atoms with E-state index < -0.39 is 28.5 Å². The Hall–Kier alpha value is -3.27. The Bertz CT molecular complexity index is 1440. The van der Waals surface area contributed by atoms with E-state index in [1.54, 1.807) is 48.5 Å². The van der Waals surface area contributed by atoms with Crippen LogP contribution in [0.4, 0.5) is 5.69 Å². The molecule has 0 aliphatic rings. The number of rotatable bonds is 13. The molecule has 3 rings (SSSR count). The van der Waals surface area contributed by atoms with Gasteiger partial charge in [-0.05, 0) is 67.8 Å². The molecule has 1 N–H and O–H groups in total. The van der Waals surface area contributed by atoms with Crippen molar-refractivity contribution >= 4 is 50.7 Å². The number of nitrogens with one attached hydrogen (secondary N) is 1. The van der Waals surface area contributed by atoms with E-state index in [0.717, 1.165) is 9.87 Å². The van der Waals surface area contributed by atoms with Gasteiger partial charge in [0, 0.05) is 22.6 Å². The number of methoxy groups -OCH3 is 1. The van der Waals surface area contributed by atoms with Crippen molar-refractivity contribution in [1.29, 1.82) is 0 Å². The van der Waals surface area contributed by atoms with Crippen molar-refractivity contribution in [3.8, 4) is 5.75 Å². The molecule has 0 unspecified atom stereocenters. The number of carbonyl (C=O) groups excluding carboxylic acids is 2. The summed E-state index contributed by atoms with van der Waals surface area (Å²) in [5.41, 5.74) is 0.830. The average molecular weight is 621 g/mol. The molecule has 3 aromatic carbocycles. The highest BCUT2D eigenvalue weighted by Gasteiger charge is 2.35. The molecule has 0 spiro atoms. The fourth-order valence-electron chi connectivity index (χ4n) is 4.24. The largest absolute Gasteiger partial charge is 0.495 e. The SMILES string of the molecule is CC[C@@H](C)NC(=O)[C@H](CC)N(Cc1ccc(Cl)cc1)C(=O)CN(c1cc(Cl)ccc1OC)S(=O)(=O)c1ccccc1. The lowest BCUT2D eigenvalue weighted by Gasteiger charge is -2.34. The van der Waals surface area contributed by atoms with Gasteiger partial charge < -0.3 is 15.0 Å². The molecule has 11 heteroatoms. The first-order valence-electron chi connectivity index (χ1n) is 13.3. The van der Waals surface area contributed by atoms with Crippen LogP contribution in [0.1, 0.15) is 39.2 Å².